The van der Waals surface area contributed by atoms with Gasteiger partial charge < -0.3 is 4.57 Å². The average Bonchev–Trinajstić information content (AvgIpc) is 2.77. The first-order valence-corrected chi connectivity index (χ1v) is 5.49. The van der Waals surface area contributed by atoms with E-state index in [1.807, 2.05) is 6.07 Å². The molecule has 0 saturated heterocycles. The van der Waals surface area contributed by atoms with Crippen LogP contribution < -0.4 is 0 Å². The van der Waals surface area contributed by atoms with E-state index in [1.165, 1.54) is 6.07 Å². The summed E-state index contributed by atoms with van der Waals surface area (Å²) in [7, 11) is 0. The Hall–Kier alpha value is -2.15. The Balaban J connectivity index is 2.57. The van der Waals surface area contributed by atoms with Gasteiger partial charge in [0.25, 0.3) is 0 Å². The van der Waals surface area contributed by atoms with Crippen molar-refractivity contribution < 1.29 is 4.39 Å². The molecule has 0 fully saturated rings. The fourth-order valence-corrected chi connectivity index (χ4v) is 1.79. The average molecular weight is 229 g/mol. The van der Waals surface area contributed by atoms with Crippen LogP contribution in [0.4, 0.5) is 4.39 Å². The Labute approximate surface area is 99.1 Å². The fraction of sp³-hybridized carbons (Fsp3) is 0.231. The number of nitriles is 1. The Morgan fingerprint density at radius 3 is 3.00 bits per heavy atom. The molecule has 0 spiro atoms. The third-order valence-corrected chi connectivity index (χ3v) is 2.55. The van der Waals surface area contributed by atoms with Gasteiger partial charge in [0.2, 0.25) is 0 Å². The molecule has 0 bridgehead atoms. The molecule has 0 atom stereocenters. The highest BCUT2D eigenvalue weighted by Crippen LogP contribution is 2.19. The van der Waals surface area contributed by atoms with Gasteiger partial charge in [-0.2, -0.15) is 5.26 Å². The van der Waals surface area contributed by atoms with Crippen molar-refractivity contribution in [1.29, 1.82) is 5.26 Å². The lowest BCUT2D eigenvalue weighted by molar-refractivity contribution is 0.622. The summed E-state index contributed by atoms with van der Waals surface area (Å²) < 4.78 is 15.3. The van der Waals surface area contributed by atoms with Crippen molar-refractivity contribution in [3.05, 3.63) is 47.8 Å². The van der Waals surface area contributed by atoms with Gasteiger partial charge in [0.05, 0.1) is 5.69 Å². The van der Waals surface area contributed by atoms with Crippen LogP contribution in [0.5, 0.6) is 0 Å². The smallest absolute Gasteiger partial charge is 0.143 e. The third kappa shape index (κ3) is 2.04. The zero-order chi connectivity index (χ0) is 12.3. The van der Waals surface area contributed by atoms with E-state index < -0.39 is 5.82 Å². The molecule has 4 heteroatoms. The van der Waals surface area contributed by atoms with Crippen molar-refractivity contribution >= 4 is 0 Å². The zero-order valence-electron chi connectivity index (χ0n) is 9.52. The number of halogens is 1. The first kappa shape index (κ1) is 11.3. The fourth-order valence-electron chi connectivity index (χ4n) is 1.79. The van der Waals surface area contributed by atoms with E-state index >= 15 is 0 Å². The van der Waals surface area contributed by atoms with Gasteiger partial charge in [0.15, 0.2) is 0 Å². The number of hydrogen-bond donors (Lipinski definition) is 0. The van der Waals surface area contributed by atoms with Gasteiger partial charge in [0, 0.05) is 18.8 Å². The Bertz CT molecular complexity index is 566. The Kier molecular flexibility index (Phi) is 3.20. The van der Waals surface area contributed by atoms with E-state index in [-0.39, 0.29) is 5.56 Å². The number of aryl methyl sites for hydroxylation is 1. The van der Waals surface area contributed by atoms with Crippen LogP contribution in [0.1, 0.15) is 24.7 Å². The quantitative estimate of drug-likeness (QED) is 0.812. The lowest BCUT2D eigenvalue weighted by Crippen LogP contribution is -2.03. The monoisotopic (exact) mass is 229 g/mol. The van der Waals surface area contributed by atoms with Gasteiger partial charge in [-0.05, 0) is 18.6 Å². The maximum atomic E-state index is 13.5. The second-order valence-corrected chi connectivity index (χ2v) is 3.71. The number of aromatic nitrogens is 2. The lowest BCUT2D eigenvalue weighted by atomic mass is 10.1. The number of imidazole rings is 1. The second kappa shape index (κ2) is 4.79. The molecule has 0 aliphatic carbocycles. The van der Waals surface area contributed by atoms with Crippen molar-refractivity contribution in [3.63, 3.8) is 0 Å². The van der Waals surface area contributed by atoms with Crippen molar-refractivity contribution in [1.82, 2.24) is 9.55 Å². The van der Waals surface area contributed by atoms with E-state index in [9.17, 15) is 4.39 Å². The molecule has 0 amide bonds. The molecule has 0 unspecified atom stereocenters. The molecule has 0 saturated carbocycles. The van der Waals surface area contributed by atoms with Crippen molar-refractivity contribution in [3.8, 4) is 11.8 Å². The standard InChI is InChI=1S/C13H12FN3/c1-2-4-13-16-7-8-17(13)12-6-3-5-11(14)10(12)9-15/h3,5-8H,2,4H2,1H3. The molecule has 0 aliphatic rings. The van der Waals surface area contributed by atoms with Crippen molar-refractivity contribution in [2.24, 2.45) is 0 Å². The van der Waals surface area contributed by atoms with Crippen LogP contribution in [0, 0.1) is 17.1 Å². The maximum absolute atomic E-state index is 13.5. The molecule has 0 aliphatic heterocycles. The second-order valence-electron chi connectivity index (χ2n) is 3.71. The first-order valence-electron chi connectivity index (χ1n) is 5.49. The van der Waals surface area contributed by atoms with Crippen LogP contribution in [0.2, 0.25) is 0 Å². The first-order chi connectivity index (χ1) is 8.27. The van der Waals surface area contributed by atoms with Crippen LogP contribution in [0.25, 0.3) is 5.69 Å². The van der Waals surface area contributed by atoms with Crippen LogP contribution >= 0.6 is 0 Å². The van der Waals surface area contributed by atoms with E-state index in [0.29, 0.717) is 5.69 Å². The molecule has 1 aromatic carbocycles. The highest BCUT2D eigenvalue weighted by atomic mass is 19.1. The summed E-state index contributed by atoms with van der Waals surface area (Å²) in [5.74, 6) is 0.343. The molecule has 2 rings (SSSR count). The maximum Gasteiger partial charge on any atom is 0.143 e. The molecule has 2 aromatic rings. The highest BCUT2D eigenvalue weighted by molar-refractivity contribution is 5.50. The topological polar surface area (TPSA) is 41.6 Å². The summed E-state index contributed by atoms with van der Waals surface area (Å²) in [6.45, 7) is 2.05. The van der Waals surface area contributed by atoms with Crippen LogP contribution in [-0.2, 0) is 6.42 Å². The number of rotatable bonds is 3. The van der Waals surface area contributed by atoms with Gasteiger partial charge in [0.1, 0.15) is 23.3 Å². The molecular weight excluding hydrogens is 217 g/mol. The molecule has 86 valence electrons. The minimum absolute atomic E-state index is 0.0582. The van der Waals surface area contributed by atoms with E-state index in [4.69, 9.17) is 5.26 Å². The van der Waals surface area contributed by atoms with Gasteiger partial charge in [-0.25, -0.2) is 9.37 Å². The van der Waals surface area contributed by atoms with Crippen molar-refractivity contribution in [2.75, 3.05) is 0 Å². The van der Waals surface area contributed by atoms with E-state index in [0.717, 1.165) is 18.7 Å². The van der Waals surface area contributed by atoms with Crippen LogP contribution in [0.15, 0.2) is 30.6 Å². The van der Waals surface area contributed by atoms with E-state index in [1.54, 1.807) is 29.1 Å². The van der Waals surface area contributed by atoms with Gasteiger partial charge in [-0.1, -0.05) is 13.0 Å². The summed E-state index contributed by atoms with van der Waals surface area (Å²) >= 11 is 0. The van der Waals surface area contributed by atoms with Crippen LogP contribution in [0.3, 0.4) is 0 Å². The molecule has 1 aromatic heterocycles. The normalized spacial score (nSPS) is 10.2. The highest BCUT2D eigenvalue weighted by Gasteiger charge is 2.11. The third-order valence-electron chi connectivity index (χ3n) is 2.55. The summed E-state index contributed by atoms with van der Waals surface area (Å²) in [6, 6.07) is 6.51. The predicted molar refractivity (Wildman–Crippen MR) is 62.2 cm³/mol. The molecule has 0 N–H and O–H groups in total. The number of benzene rings is 1. The summed E-state index contributed by atoms with van der Waals surface area (Å²) in [5.41, 5.74) is 0.608. The molecular formula is C13H12FN3. The zero-order valence-corrected chi connectivity index (χ0v) is 9.52. The van der Waals surface area contributed by atoms with Gasteiger partial charge in [-0.15, -0.1) is 0 Å². The molecule has 3 nitrogen and oxygen atoms in total. The lowest BCUT2D eigenvalue weighted by Gasteiger charge is -2.09. The molecule has 1 heterocycles. The summed E-state index contributed by atoms with van der Waals surface area (Å²) in [6.07, 6.45) is 5.17. The van der Waals surface area contributed by atoms with E-state index in [2.05, 4.69) is 11.9 Å². The predicted octanol–water partition coefficient (Wildman–Crippen LogP) is 2.84. The van der Waals surface area contributed by atoms with Gasteiger partial charge in [-0.3, -0.25) is 0 Å². The minimum Gasteiger partial charge on any atom is -0.302 e. The van der Waals surface area contributed by atoms with Gasteiger partial charge >= 0.3 is 0 Å². The number of hydrogen-bond acceptors (Lipinski definition) is 2. The van der Waals surface area contributed by atoms with Crippen LogP contribution in [-0.4, -0.2) is 9.55 Å². The summed E-state index contributed by atoms with van der Waals surface area (Å²) in [5, 5.41) is 9.00. The summed E-state index contributed by atoms with van der Waals surface area (Å²) in [4.78, 5) is 4.22. The number of nitrogens with zero attached hydrogens (tertiary/aromatic N) is 3. The molecule has 17 heavy (non-hydrogen) atoms. The van der Waals surface area contributed by atoms with Crippen molar-refractivity contribution in [2.45, 2.75) is 19.8 Å². The largest absolute Gasteiger partial charge is 0.302 e. The minimum atomic E-state index is -0.499. The molecule has 0 radical (unpaired) electrons. The Morgan fingerprint density at radius 1 is 1.47 bits per heavy atom. The Morgan fingerprint density at radius 2 is 2.29 bits per heavy atom. The SMILES string of the molecule is CCCc1nccn1-c1cccc(F)c1C#N.